The van der Waals surface area contributed by atoms with Crippen LogP contribution in [0.1, 0.15) is 4.88 Å². The highest BCUT2D eigenvalue weighted by atomic mass is 79.9. The Morgan fingerprint density at radius 3 is 2.76 bits per heavy atom. The second-order valence-corrected chi connectivity index (χ2v) is 5.32. The summed E-state index contributed by atoms with van der Waals surface area (Å²) >= 11 is 4.84. The molecule has 2 nitrogen and oxygen atoms in total. The summed E-state index contributed by atoms with van der Waals surface area (Å²) < 4.78 is 27.4. The van der Waals surface area contributed by atoms with Crippen LogP contribution >= 0.6 is 27.3 Å². The summed E-state index contributed by atoms with van der Waals surface area (Å²) in [5, 5.41) is 4.72. The van der Waals surface area contributed by atoms with Crippen LogP contribution in [0.25, 0.3) is 0 Å². The Hall–Kier alpha value is -1.14. The summed E-state index contributed by atoms with van der Waals surface area (Å²) in [5.41, 5.74) is 5.79. The van der Waals surface area contributed by atoms with E-state index in [-0.39, 0.29) is 11.4 Å². The molecule has 90 valence electrons. The topological polar surface area (TPSA) is 38.0 Å². The second kappa shape index (κ2) is 5.01. The monoisotopic (exact) mass is 318 g/mol. The second-order valence-electron chi connectivity index (χ2n) is 3.41. The van der Waals surface area contributed by atoms with Crippen molar-refractivity contribution in [1.82, 2.24) is 0 Å². The van der Waals surface area contributed by atoms with Crippen molar-refractivity contribution in [3.8, 4) is 0 Å². The molecule has 0 atom stereocenters. The molecule has 3 N–H and O–H groups in total. The molecule has 0 fully saturated rings. The summed E-state index contributed by atoms with van der Waals surface area (Å²) in [7, 11) is 0. The summed E-state index contributed by atoms with van der Waals surface area (Å²) in [6.07, 6.45) is 0. The molecule has 0 unspecified atom stereocenters. The number of thiophene rings is 1. The molecule has 0 aliphatic carbocycles. The molecule has 0 bridgehead atoms. The van der Waals surface area contributed by atoms with Gasteiger partial charge in [-0.1, -0.05) is 0 Å². The highest BCUT2D eigenvalue weighted by Crippen LogP contribution is 2.26. The predicted octanol–water partition coefficient (Wildman–Crippen LogP) is 3.98. The largest absolute Gasteiger partial charge is 0.397 e. The number of halogens is 3. The Morgan fingerprint density at radius 2 is 2.12 bits per heavy atom. The molecular formula is C11H9BrF2N2S. The minimum absolute atomic E-state index is 0.00882. The van der Waals surface area contributed by atoms with Crippen molar-refractivity contribution >= 4 is 38.6 Å². The van der Waals surface area contributed by atoms with Crippen LogP contribution in [0, 0.1) is 11.6 Å². The van der Waals surface area contributed by atoms with E-state index in [1.807, 2.05) is 11.4 Å². The molecule has 0 amide bonds. The number of rotatable bonds is 3. The van der Waals surface area contributed by atoms with Crippen LogP contribution in [-0.4, -0.2) is 0 Å². The van der Waals surface area contributed by atoms with Crippen LogP contribution in [0.3, 0.4) is 0 Å². The fourth-order valence-corrected chi connectivity index (χ4v) is 2.76. The lowest BCUT2D eigenvalue weighted by Gasteiger charge is -2.09. The minimum atomic E-state index is -0.944. The standard InChI is InChI=1S/C11H9BrF2N2S/c12-6-3-7(17-5-6)4-16-11-9(15)2-1-8(13)10(11)14/h1-3,5,16H,4,15H2. The first-order valence-electron chi connectivity index (χ1n) is 4.78. The molecule has 17 heavy (non-hydrogen) atoms. The first kappa shape index (κ1) is 12.3. The first-order chi connectivity index (χ1) is 8.08. The predicted molar refractivity (Wildman–Crippen MR) is 70.1 cm³/mol. The van der Waals surface area contributed by atoms with Crippen LogP contribution in [-0.2, 0) is 6.54 Å². The van der Waals surface area contributed by atoms with Crippen molar-refractivity contribution in [2.45, 2.75) is 6.54 Å². The number of anilines is 2. The smallest absolute Gasteiger partial charge is 0.183 e. The Bertz CT molecular complexity index is 542. The van der Waals surface area contributed by atoms with Gasteiger partial charge in [0, 0.05) is 21.3 Å². The Labute approximate surface area is 110 Å². The quantitative estimate of drug-likeness (QED) is 0.840. The molecule has 0 saturated heterocycles. The normalized spacial score (nSPS) is 10.5. The molecule has 0 aliphatic heterocycles. The van der Waals surface area contributed by atoms with Gasteiger partial charge in [0.05, 0.1) is 11.4 Å². The van der Waals surface area contributed by atoms with Crippen LogP contribution in [0.2, 0.25) is 0 Å². The molecule has 0 radical (unpaired) electrons. The summed E-state index contributed by atoms with van der Waals surface area (Å²) in [4.78, 5) is 1.000. The third-order valence-electron chi connectivity index (χ3n) is 2.19. The van der Waals surface area contributed by atoms with Gasteiger partial charge in [-0.05, 0) is 34.1 Å². The van der Waals surface area contributed by atoms with E-state index in [0.29, 0.717) is 6.54 Å². The van der Waals surface area contributed by atoms with Crippen LogP contribution in [0.5, 0.6) is 0 Å². The number of hydrogen-bond acceptors (Lipinski definition) is 3. The van der Waals surface area contributed by atoms with Crippen molar-refractivity contribution < 1.29 is 8.78 Å². The van der Waals surface area contributed by atoms with Crippen LogP contribution in [0.15, 0.2) is 28.1 Å². The van der Waals surface area contributed by atoms with E-state index in [9.17, 15) is 8.78 Å². The van der Waals surface area contributed by atoms with E-state index in [1.54, 1.807) is 0 Å². The van der Waals surface area contributed by atoms with Gasteiger partial charge >= 0.3 is 0 Å². The lowest BCUT2D eigenvalue weighted by Crippen LogP contribution is -2.05. The molecule has 2 rings (SSSR count). The zero-order chi connectivity index (χ0) is 12.4. The zero-order valence-corrected chi connectivity index (χ0v) is 11.0. The Kier molecular flexibility index (Phi) is 3.63. The van der Waals surface area contributed by atoms with Crippen LogP contribution < -0.4 is 11.1 Å². The van der Waals surface area contributed by atoms with Crippen molar-refractivity contribution in [2.75, 3.05) is 11.1 Å². The number of hydrogen-bond donors (Lipinski definition) is 2. The van der Waals surface area contributed by atoms with Gasteiger partial charge in [0.2, 0.25) is 0 Å². The van der Waals surface area contributed by atoms with E-state index in [1.165, 1.54) is 17.4 Å². The molecule has 0 saturated carbocycles. The number of nitrogen functional groups attached to an aromatic ring is 1. The lowest BCUT2D eigenvalue weighted by atomic mass is 10.2. The average molecular weight is 319 g/mol. The van der Waals surface area contributed by atoms with Gasteiger partial charge < -0.3 is 11.1 Å². The van der Waals surface area contributed by atoms with Gasteiger partial charge in [-0.25, -0.2) is 8.78 Å². The number of nitrogens with two attached hydrogens (primary N) is 1. The maximum absolute atomic E-state index is 13.4. The molecule has 0 spiro atoms. The van der Waals surface area contributed by atoms with Crippen molar-refractivity contribution in [3.05, 3.63) is 44.6 Å². The fraction of sp³-hybridized carbons (Fsp3) is 0.0909. The average Bonchev–Trinajstić information content (AvgIpc) is 2.70. The summed E-state index contributed by atoms with van der Waals surface area (Å²) in [6.45, 7) is 0.404. The van der Waals surface area contributed by atoms with Crippen LogP contribution in [0.4, 0.5) is 20.2 Å². The summed E-state index contributed by atoms with van der Waals surface area (Å²) in [5.74, 6) is -1.85. The maximum atomic E-state index is 13.4. The Morgan fingerprint density at radius 1 is 1.35 bits per heavy atom. The van der Waals surface area contributed by atoms with Crippen molar-refractivity contribution in [3.63, 3.8) is 0 Å². The third kappa shape index (κ3) is 2.76. The van der Waals surface area contributed by atoms with E-state index in [0.717, 1.165) is 15.4 Å². The van der Waals surface area contributed by atoms with E-state index >= 15 is 0 Å². The molecule has 1 heterocycles. The van der Waals surface area contributed by atoms with Crippen molar-refractivity contribution in [2.24, 2.45) is 0 Å². The van der Waals surface area contributed by atoms with Gasteiger partial charge in [-0.15, -0.1) is 11.3 Å². The van der Waals surface area contributed by atoms with Crippen molar-refractivity contribution in [1.29, 1.82) is 0 Å². The highest BCUT2D eigenvalue weighted by molar-refractivity contribution is 9.10. The molecular weight excluding hydrogens is 310 g/mol. The van der Waals surface area contributed by atoms with Gasteiger partial charge in [-0.2, -0.15) is 0 Å². The van der Waals surface area contributed by atoms with Gasteiger partial charge in [0.15, 0.2) is 11.6 Å². The van der Waals surface area contributed by atoms with Gasteiger partial charge in [0.1, 0.15) is 0 Å². The Balaban J connectivity index is 2.16. The molecule has 0 aliphatic rings. The molecule has 1 aromatic heterocycles. The van der Waals surface area contributed by atoms with E-state index in [4.69, 9.17) is 5.73 Å². The summed E-state index contributed by atoms with van der Waals surface area (Å²) in [6, 6.07) is 4.26. The van der Waals surface area contributed by atoms with Gasteiger partial charge in [0.25, 0.3) is 0 Å². The molecule has 1 aromatic carbocycles. The molecule has 2 aromatic rings. The minimum Gasteiger partial charge on any atom is -0.397 e. The maximum Gasteiger partial charge on any atom is 0.183 e. The first-order valence-corrected chi connectivity index (χ1v) is 6.45. The number of nitrogens with one attached hydrogen (secondary N) is 1. The van der Waals surface area contributed by atoms with E-state index in [2.05, 4.69) is 21.2 Å². The third-order valence-corrected chi connectivity index (χ3v) is 3.89. The van der Waals surface area contributed by atoms with E-state index < -0.39 is 11.6 Å². The van der Waals surface area contributed by atoms with Gasteiger partial charge in [-0.3, -0.25) is 0 Å². The molecule has 6 heteroatoms. The number of benzene rings is 1. The zero-order valence-electron chi connectivity index (χ0n) is 8.64. The SMILES string of the molecule is Nc1ccc(F)c(F)c1NCc1cc(Br)cs1. The lowest BCUT2D eigenvalue weighted by molar-refractivity contribution is 0.511. The fourth-order valence-electron chi connectivity index (χ4n) is 1.37. The highest BCUT2D eigenvalue weighted by Gasteiger charge is 2.11.